The predicted octanol–water partition coefficient (Wildman–Crippen LogP) is 6.79. The second kappa shape index (κ2) is 14.0. The number of aromatic nitrogens is 1. The summed E-state index contributed by atoms with van der Waals surface area (Å²) in [6, 6.07) is 27.7. The monoisotopic (exact) mass is 619 g/mol. The predicted molar refractivity (Wildman–Crippen MR) is 180 cm³/mol. The molecule has 0 saturated heterocycles. The molecule has 5 aromatic rings. The van der Waals surface area contributed by atoms with Gasteiger partial charge in [0.2, 0.25) is 5.91 Å². The third kappa shape index (κ3) is 6.26. The number of aromatic amines is 1. The lowest BCUT2D eigenvalue weighted by molar-refractivity contribution is -0.128. The van der Waals surface area contributed by atoms with Crippen LogP contribution in [0.1, 0.15) is 46.3 Å². The van der Waals surface area contributed by atoms with E-state index in [0.29, 0.717) is 36.0 Å². The third-order valence-corrected chi connectivity index (χ3v) is 8.97. The summed E-state index contributed by atoms with van der Waals surface area (Å²) < 4.78 is 22.7. The van der Waals surface area contributed by atoms with Gasteiger partial charge in [-0.2, -0.15) is 0 Å². The zero-order valence-corrected chi connectivity index (χ0v) is 26.8. The fourth-order valence-electron chi connectivity index (χ4n) is 6.70. The summed E-state index contributed by atoms with van der Waals surface area (Å²) >= 11 is 0. The molecule has 8 heteroatoms. The van der Waals surface area contributed by atoms with Crippen LogP contribution in [-0.4, -0.2) is 50.8 Å². The largest absolute Gasteiger partial charge is 0.493 e. The molecule has 238 valence electrons. The van der Waals surface area contributed by atoms with Gasteiger partial charge in [-0.3, -0.25) is 9.69 Å². The van der Waals surface area contributed by atoms with E-state index in [1.165, 1.54) is 5.56 Å². The Morgan fingerprint density at radius 3 is 2.30 bits per heavy atom. The fourth-order valence-corrected chi connectivity index (χ4v) is 6.70. The standard InChI is InChI=1S/C38H41N3O5/c1-43-33-17-16-25(20-34(33)44-2)19-32-30-22-36(46-4)35(45-3)21-27(30)13-10-18-41(32)37(26-11-6-5-7-12-26)38(42)40-24-28-23-39-31-15-9-8-14-29(28)31/h5-9,11-12,14-17,20-23,32,37,39H,10,13,18-19,24H2,1-4H3,(H,40,42). The minimum absolute atomic E-state index is 0.0438. The number of aryl methyl sites for hydroxylation is 1. The normalized spacial score (nSPS) is 15.4. The van der Waals surface area contributed by atoms with Crippen molar-refractivity contribution in [3.63, 3.8) is 0 Å². The van der Waals surface area contributed by atoms with Gasteiger partial charge >= 0.3 is 0 Å². The number of benzene rings is 4. The van der Waals surface area contributed by atoms with E-state index < -0.39 is 6.04 Å². The molecule has 0 saturated carbocycles. The molecule has 0 fully saturated rings. The van der Waals surface area contributed by atoms with E-state index in [9.17, 15) is 4.79 Å². The van der Waals surface area contributed by atoms with E-state index in [0.717, 1.165) is 52.5 Å². The van der Waals surface area contributed by atoms with Crippen molar-refractivity contribution < 1.29 is 23.7 Å². The molecular formula is C38H41N3O5. The Labute approximate surface area is 270 Å². The zero-order valence-electron chi connectivity index (χ0n) is 26.8. The Kier molecular flexibility index (Phi) is 9.45. The van der Waals surface area contributed by atoms with Crippen molar-refractivity contribution in [1.29, 1.82) is 0 Å². The number of amides is 1. The number of ether oxygens (including phenoxy) is 4. The first kappa shape index (κ1) is 31.0. The van der Waals surface area contributed by atoms with Gasteiger partial charge in [-0.15, -0.1) is 0 Å². The average molecular weight is 620 g/mol. The number of rotatable bonds is 11. The molecule has 1 aliphatic rings. The molecule has 2 heterocycles. The summed E-state index contributed by atoms with van der Waals surface area (Å²) in [5.74, 6) is 2.67. The maximum absolute atomic E-state index is 14.5. The molecule has 1 amide bonds. The lowest BCUT2D eigenvalue weighted by atomic mass is 9.91. The van der Waals surface area contributed by atoms with Crippen molar-refractivity contribution >= 4 is 16.8 Å². The Morgan fingerprint density at radius 2 is 1.54 bits per heavy atom. The summed E-state index contributed by atoms with van der Waals surface area (Å²) in [5, 5.41) is 4.40. The number of carbonyl (C=O) groups excluding carboxylic acids is 1. The van der Waals surface area contributed by atoms with Gasteiger partial charge < -0.3 is 29.2 Å². The number of carbonyl (C=O) groups is 1. The average Bonchev–Trinajstić information content (AvgIpc) is 3.44. The number of hydrogen-bond donors (Lipinski definition) is 2. The van der Waals surface area contributed by atoms with Crippen molar-refractivity contribution in [1.82, 2.24) is 15.2 Å². The van der Waals surface area contributed by atoms with Gasteiger partial charge in [0.25, 0.3) is 0 Å². The van der Waals surface area contributed by atoms with E-state index in [4.69, 9.17) is 18.9 Å². The highest BCUT2D eigenvalue weighted by molar-refractivity contribution is 5.86. The van der Waals surface area contributed by atoms with Gasteiger partial charge in [-0.25, -0.2) is 0 Å². The Bertz CT molecular complexity index is 1800. The zero-order chi connectivity index (χ0) is 32.0. The van der Waals surface area contributed by atoms with Gasteiger partial charge in [0, 0.05) is 36.2 Å². The molecule has 0 radical (unpaired) electrons. The second-order valence-corrected chi connectivity index (χ2v) is 11.5. The van der Waals surface area contributed by atoms with Crippen LogP contribution in [0.2, 0.25) is 0 Å². The van der Waals surface area contributed by atoms with E-state index in [2.05, 4.69) is 39.5 Å². The van der Waals surface area contributed by atoms with Crippen LogP contribution in [0.4, 0.5) is 0 Å². The number of nitrogens with zero attached hydrogens (tertiary/aromatic N) is 1. The summed E-state index contributed by atoms with van der Waals surface area (Å²) in [7, 11) is 6.61. The van der Waals surface area contributed by atoms with E-state index in [1.54, 1.807) is 28.4 Å². The van der Waals surface area contributed by atoms with Crippen LogP contribution in [0.15, 0.2) is 91.1 Å². The van der Waals surface area contributed by atoms with E-state index >= 15 is 0 Å². The topological polar surface area (TPSA) is 85.0 Å². The molecule has 2 unspecified atom stereocenters. The van der Waals surface area contributed by atoms with Gasteiger partial charge in [0.05, 0.1) is 28.4 Å². The molecule has 1 aliphatic heterocycles. The highest BCUT2D eigenvalue weighted by Crippen LogP contribution is 2.43. The van der Waals surface area contributed by atoms with Gasteiger partial charge in [0.1, 0.15) is 6.04 Å². The van der Waals surface area contributed by atoms with Crippen LogP contribution < -0.4 is 24.3 Å². The summed E-state index contributed by atoms with van der Waals surface area (Å²) in [6.45, 7) is 1.14. The third-order valence-electron chi connectivity index (χ3n) is 8.97. The number of hydrogen-bond acceptors (Lipinski definition) is 6. The first-order chi connectivity index (χ1) is 22.5. The minimum atomic E-state index is -0.532. The van der Waals surface area contributed by atoms with Crippen molar-refractivity contribution in [2.45, 2.75) is 37.9 Å². The SMILES string of the molecule is COc1ccc(CC2c3cc(OC)c(OC)cc3CCCN2C(C(=O)NCc2c[nH]c3ccccc23)c2ccccc2)cc1OC. The van der Waals surface area contributed by atoms with E-state index in [1.807, 2.05) is 66.9 Å². The van der Waals surface area contributed by atoms with Crippen LogP contribution >= 0.6 is 0 Å². The maximum Gasteiger partial charge on any atom is 0.242 e. The van der Waals surface area contributed by atoms with E-state index in [-0.39, 0.29) is 11.9 Å². The van der Waals surface area contributed by atoms with Crippen LogP contribution in [0.25, 0.3) is 10.9 Å². The first-order valence-corrected chi connectivity index (χ1v) is 15.6. The number of para-hydroxylation sites is 1. The van der Waals surface area contributed by atoms with Crippen LogP contribution in [-0.2, 0) is 24.2 Å². The molecule has 0 bridgehead atoms. The van der Waals surface area contributed by atoms with Gasteiger partial charge in [-0.1, -0.05) is 54.6 Å². The van der Waals surface area contributed by atoms with Crippen molar-refractivity contribution in [3.05, 3.63) is 119 Å². The number of H-pyrrole nitrogens is 1. The Morgan fingerprint density at radius 1 is 0.848 bits per heavy atom. The molecule has 0 spiro atoms. The summed E-state index contributed by atoms with van der Waals surface area (Å²) in [4.78, 5) is 20.1. The van der Waals surface area contributed by atoms with Crippen molar-refractivity contribution in [3.8, 4) is 23.0 Å². The molecule has 1 aromatic heterocycles. The summed E-state index contributed by atoms with van der Waals surface area (Å²) in [6.07, 6.45) is 4.35. The van der Waals surface area contributed by atoms with Gasteiger partial charge in [0.15, 0.2) is 23.0 Å². The molecule has 2 atom stereocenters. The molecular weight excluding hydrogens is 578 g/mol. The van der Waals surface area contributed by atoms with Crippen molar-refractivity contribution in [2.24, 2.45) is 0 Å². The first-order valence-electron chi connectivity index (χ1n) is 15.6. The number of nitrogens with one attached hydrogen (secondary N) is 2. The molecule has 6 rings (SSSR count). The highest BCUT2D eigenvalue weighted by Gasteiger charge is 2.36. The highest BCUT2D eigenvalue weighted by atomic mass is 16.5. The van der Waals surface area contributed by atoms with Crippen LogP contribution in [0, 0.1) is 0 Å². The van der Waals surface area contributed by atoms with Crippen molar-refractivity contribution in [2.75, 3.05) is 35.0 Å². The molecule has 46 heavy (non-hydrogen) atoms. The molecule has 4 aromatic carbocycles. The Hall–Kier alpha value is -4.95. The lowest BCUT2D eigenvalue weighted by Crippen LogP contribution is -2.43. The fraction of sp³-hybridized carbons (Fsp3) is 0.289. The van der Waals surface area contributed by atoms with Gasteiger partial charge in [-0.05, 0) is 77.4 Å². The maximum atomic E-state index is 14.5. The Balaban J connectivity index is 1.43. The molecule has 8 nitrogen and oxygen atoms in total. The van der Waals surface area contributed by atoms with Crippen LogP contribution in [0.3, 0.4) is 0 Å². The number of fused-ring (bicyclic) bond motifs is 2. The van der Waals surface area contributed by atoms with Crippen LogP contribution in [0.5, 0.6) is 23.0 Å². The number of methoxy groups -OCH3 is 4. The second-order valence-electron chi connectivity index (χ2n) is 11.5. The smallest absolute Gasteiger partial charge is 0.242 e. The summed E-state index contributed by atoms with van der Waals surface area (Å²) in [5.41, 5.74) is 6.43. The molecule has 2 N–H and O–H groups in total. The minimum Gasteiger partial charge on any atom is -0.493 e. The lowest BCUT2D eigenvalue weighted by Gasteiger charge is -2.37. The quantitative estimate of drug-likeness (QED) is 0.169. The molecule has 0 aliphatic carbocycles.